The van der Waals surface area contributed by atoms with Crippen LogP contribution in [-0.4, -0.2) is 29.3 Å². The van der Waals surface area contributed by atoms with E-state index in [1.54, 1.807) is 26.0 Å². The highest BCUT2D eigenvalue weighted by Gasteiger charge is 2.26. The third-order valence-corrected chi connectivity index (χ3v) is 3.63. The van der Waals surface area contributed by atoms with Gasteiger partial charge in [0.1, 0.15) is 0 Å². The Balaban J connectivity index is 2.19. The van der Waals surface area contributed by atoms with Crippen molar-refractivity contribution in [2.45, 2.75) is 33.1 Å². The molecule has 0 atom stereocenters. The molecule has 0 radical (unpaired) electrons. The van der Waals surface area contributed by atoms with Gasteiger partial charge in [0.05, 0.1) is 6.42 Å². The molecule has 0 bridgehead atoms. The first kappa shape index (κ1) is 15.2. The second-order valence-corrected chi connectivity index (χ2v) is 6.21. The van der Waals surface area contributed by atoms with Crippen LogP contribution in [0.3, 0.4) is 0 Å². The number of carboxylic acid groups (broad SMARTS) is 1. The summed E-state index contributed by atoms with van der Waals surface area (Å²) in [6.07, 6.45) is 0.837. The molecule has 1 aliphatic heterocycles. The molecule has 0 unspecified atom stereocenters. The van der Waals surface area contributed by atoms with Gasteiger partial charge in [0, 0.05) is 24.1 Å². The summed E-state index contributed by atoms with van der Waals surface area (Å²) in [6, 6.07) is 5.14. The predicted molar refractivity (Wildman–Crippen MR) is 77.5 cm³/mol. The highest BCUT2D eigenvalue weighted by molar-refractivity contribution is 6.02. The van der Waals surface area contributed by atoms with Gasteiger partial charge in [-0.1, -0.05) is 26.0 Å². The minimum absolute atomic E-state index is 0.0653. The Labute approximate surface area is 123 Å². The van der Waals surface area contributed by atoms with E-state index < -0.39 is 11.4 Å². The molecule has 0 saturated carbocycles. The summed E-state index contributed by atoms with van der Waals surface area (Å²) in [6.45, 7) is 4.12. The lowest BCUT2D eigenvalue weighted by atomic mass is 9.82. The molecule has 1 aromatic rings. The molecule has 5 nitrogen and oxygen atoms in total. The molecular formula is C16H19NO4. The fourth-order valence-corrected chi connectivity index (χ4v) is 2.59. The largest absolute Gasteiger partial charge is 0.481 e. The van der Waals surface area contributed by atoms with Crippen molar-refractivity contribution < 1.29 is 19.5 Å². The normalized spacial score (nSPS) is 14.3. The Morgan fingerprint density at radius 2 is 2.00 bits per heavy atom. The van der Waals surface area contributed by atoms with Gasteiger partial charge >= 0.3 is 5.97 Å². The first-order chi connectivity index (χ1) is 9.78. The number of carbonyl (C=O) groups excluding carboxylic acids is 2. The van der Waals surface area contributed by atoms with Crippen molar-refractivity contribution in [2.24, 2.45) is 5.41 Å². The number of carboxylic acids is 1. The summed E-state index contributed by atoms with van der Waals surface area (Å²) in [5.74, 6) is -1.21. The van der Waals surface area contributed by atoms with E-state index in [0.29, 0.717) is 17.7 Å². The summed E-state index contributed by atoms with van der Waals surface area (Å²) in [5.41, 5.74) is 1.34. The minimum atomic E-state index is -0.919. The van der Waals surface area contributed by atoms with Crippen LogP contribution in [0.25, 0.3) is 0 Å². The number of nitrogens with one attached hydrogen (secondary N) is 1. The molecule has 2 N–H and O–H groups in total. The van der Waals surface area contributed by atoms with Crippen molar-refractivity contribution in [2.75, 3.05) is 6.54 Å². The van der Waals surface area contributed by atoms with E-state index in [-0.39, 0.29) is 24.5 Å². The van der Waals surface area contributed by atoms with E-state index in [1.165, 1.54) is 0 Å². The van der Waals surface area contributed by atoms with Crippen LogP contribution in [-0.2, 0) is 11.2 Å². The Kier molecular flexibility index (Phi) is 4.11. The maximum Gasteiger partial charge on any atom is 0.303 e. The number of Topliss-reactive ketones (excluding diaryl/α,β-unsaturated/α-hetero) is 1. The van der Waals surface area contributed by atoms with Gasteiger partial charge in [-0.3, -0.25) is 14.4 Å². The Morgan fingerprint density at radius 3 is 2.67 bits per heavy atom. The first-order valence-electron chi connectivity index (χ1n) is 6.95. The van der Waals surface area contributed by atoms with Crippen LogP contribution < -0.4 is 5.32 Å². The van der Waals surface area contributed by atoms with Crippen LogP contribution in [0.2, 0.25) is 0 Å². The van der Waals surface area contributed by atoms with Gasteiger partial charge in [-0.15, -0.1) is 0 Å². The zero-order valence-electron chi connectivity index (χ0n) is 12.2. The molecule has 1 aliphatic rings. The van der Waals surface area contributed by atoms with Crippen LogP contribution in [0.4, 0.5) is 0 Å². The van der Waals surface area contributed by atoms with Gasteiger partial charge in [-0.05, 0) is 23.5 Å². The van der Waals surface area contributed by atoms with Gasteiger partial charge in [0.2, 0.25) is 0 Å². The molecule has 1 amide bonds. The van der Waals surface area contributed by atoms with Crippen molar-refractivity contribution in [3.63, 3.8) is 0 Å². The second-order valence-electron chi connectivity index (χ2n) is 6.21. The quantitative estimate of drug-likeness (QED) is 0.813. The average molecular weight is 289 g/mol. The van der Waals surface area contributed by atoms with Crippen LogP contribution in [0.5, 0.6) is 0 Å². The molecule has 21 heavy (non-hydrogen) atoms. The summed E-state index contributed by atoms with van der Waals surface area (Å²) >= 11 is 0. The van der Waals surface area contributed by atoms with Crippen molar-refractivity contribution in [1.29, 1.82) is 0 Å². The monoisotopic (exact) mass is 289 g/mol. The number of ketones is 1. The lowest BCUT2D eigenvalue weighted by Crippen LogP contribution is -2.32. The van der Waals surface area contributed by atoms with E-state index in [1.807, 2.05) is 6.07 Å². The number of hydrogen-bond donors (Lipinski definition) is 2. The Bertz CT molecular complexity index is 604. The minimum Gasteiger partial charge on any atom is -0.481 e. The van der Waals surface area contributed by atoms with Crippen molar-refractivity contribution >= 4 is 17.7 Å². The molecule has 5 heteroatoms. The van der Waals surface area contributed by atoms with Crippen LogP contribution in [0.1, 0.15) is 53.0 Å². The number of fused-ring (bicyclic) bond motifs is 1. The van der Waals surface area contributed by atoms with Crippen LogP contribution >= 0.6 is 0 Å². The lowest BCUT2D eigenvalue weighted by Gasteiger charge is -2.22. The zero-order valence-corrected chi connectivity index (χ0v) is 12.2. The highest BCUT2D eigenvalue weighted by Crippen LogP contribution is 2.27. The first-order valence-corrected chi connectivity index (χ1v) is 6.95. The second kappa shape index (κ2) is 5.68. The summed E-state index contributed by atoms with van der Waals surface area (Å²) in [4.78, 5) is 34.9. The van der Waals surface area contributed by atoms with E-state index in [2.05, 4.69) is 5.32 Å². The Morgan fingerprint density at radius 1 is 1.29 bits per heavy atom. The number of hydrogen-bond acceptors (Lipinski definition) is 3. The molecule has 0 spiro atoms. The molecule has 0 fully saturated rings. The van der Waals surface area contributed by atoms with Crippen LogP contribution in [0.15, 0.2) is 18.2 Å². The summed E-state index contributed by atoms with van der Waals surface area (Å²) < 4.78 is 0. The summed E-state index contributed by atoms with van der Waals surface area (Å²) in [7, 11) is 0. The lowest BCUT2D eigenvalue weighted by molar-refractivity contribution is -0.139. The van der Waals surface area contributed by atoms with E-state index in [9.17, 15) is 14.4 Å². The topological polar surface area (TPSA) is 83.5 Å². The molecule has 1 aromatic carbocycles. The fourth-order valence-electron chi connectivity index (χ4n) is 2.59. The maximum absolute atomic E-state index is 12.3. The number of amides is 1. The SMILES string of the molecule is CC(C)(CC(=O)O)CC(=O)c1ccc2c(c1)C(=O)NCC2. The standard InChI is InChI=1S/C16H19NO4/c1-16(2,9-14(19)20)8-13(18)11-4-3-10-5-6-17-15(21)12(10)7-11/h3-4,7H,5-6,8-9H2,1-2H3,(H,17,21)(H,19,20). The third-order valence-electron chi connectivity index (χ3n) is 3.63. The van der Waals surface area contributed by atoms with Crippen molar-refractivity contribution in [3.05, 3.63) is 34.9 Å². The van der Waals surface area contributed by atoms with Gasteiger partial charge < -0.3 is 10.4 Å². The fraction of sp³-hybridized carbons (Fsp3) is 0.438. The van der Waals surface area contributed by atoms with E-state index in [4.69, 9.17) is 5.11 Å². The Hall–Kier alpha value is -2.17. The van der Waals surface area contributed by atoms with Crippen molar-refractivity contribution in [3.8, 4) is 0 Å². The molecule has 1 heterocycles. The highest BCUT2D eigenvalue weighted by atomic mass is 16.4. The zero-order chi connectivity index (χ0) is 15.6. The number of rotatable bonds is 5. The van der Waals surface area contributed by atoms with E-state index in [0.717, 1.165) is 12.0 Å². The molecular weight excluding hydrogens is 270 g/mol. The molecule has 2 rings (SSSR count). The summed E-state index contributed by atoms with van der Waals surface area (Å²) in [5, 5.41) is 11.6. The third kappa shape index (κ3) is 3.68. The molecule has 112 valence electrons. The predicted octanol–water partition coefficient (Wildman–Crippen LogP) is 2.05. The average Bonchev–Trinajstić information content (AvgIpc) is 2.36. The van der Waals surface area contributed by atoms with Gasteiger partial charge in [0.15, 0.2) is 5.78 Å². The number of aliphatic carboxylic acids is 1. The smallest absolute Gasteiger partial charge is 0.303 e. The molecule has 0 saturated heterocycles. The van der Waals surface area contributed by atoms with Crippen LogP contribution in [0, 0.1) is 5.41 Å². The van der Waals surface area contributed by atoms with Gasteiger partial charge in [-0.2, -0.15) is 0 Å². The molecule has 0 aromatic heterocycles. The van der Waals surface area contributed by atoms with Crippen molar-refractivity contribution in [1.82, 2.24) is 5.32 Å². The maximum atomic E-state index is 12.3. The van der Waals surface area contributed by atoms with Gasteiger partial charge in [-0.25, -0.2) is 0 Å². The number of carbonyl (C=O) groups is 3. The molecule has 0 aliphatic carbocycles. The van der Waals surface area contributed by atoms with Gasteiger partial charge in [0.25, 0.3) is 5.91 Å². The van der Waals surface area contributed by atoms with E-state index >= 15 is 0 Å². The number of benzene rings is 1.